The van der Waals surface area contributed by atoms with Gasteiger partial charge in [0.15, 0.2) is 17.8 Å². The molecule has 1 saturated heterocycles. The van der Waals surface area contributed by atoms with Crippen LogP contribution < -0.4 is 4.90 Å². The average molecular weight is 399 g/mol. The van der Waals surface area contributed by atoms with Crippen LogP contribution in [0.3, 0.4) is 0 Å². The van der Waals surface area contributed by atoms with Gasteiger partial charge in [0.25, 0.3) is 5.91 Å². The number of carbonyl (C=O) groups is 1. The van der Waals surface area contributed by atoms with Crippen molar-refractivity contribution in [3.8, 4) is 11.3 Å². The van der Waals surface area contributed by atoms with Gasteiger partial charge in [-0.25, -0.2) is 9.97 Å². The molecule has 1 amide bonds. The van der Waals surface area contributed by atoms with E-state index in [-0.39, 0.29) is 5.91 Å². The quantitative estimate of drug-likeness (QED) is 0.649. The van der Waals surface area contributed by atoms with E-state index in [1.54, 1.807) is 17.5 Å². The second-order valence-electron chi connectivity index (χ2n) is 6.66. The number of morpholine rings is 1. The monoisotopic (exact) mass is 399 g/mol. The van der Waals surface area contributed by atoms with Crippen LogP contribution >= 0.6 is 11.3 Å². The van der Waals surface area contributed by atoms with Gasteiger partial charge in [-0.1, -0.05) is 30.3 Å². The van der Waals surface area contributed by atoms with Gasteiger partial charge in [-0.15, -0.1) is 11.3 Å². The van der Waals surface area contributed by atoms with E-state index < -0.39 is 0 Å². The first-order chi connectivity index (χ1) is 13.8. The molecule has 28 heavy (non-hydrogen) atoms. The smallest absolute Gasteiger partial charge is 0.277 e. The number of oxazole rings is 1. The zero-order valence-electron chi connectivity index (χ0n) is 15.5. The molecule has 2 aromatic heterocycles. The molecule has 1 fully saturated rings. The summed E-state index contributed by atoms with van der Waals surface area (Å²) in [6.45, 7) is 5.47. The fourth-order valence-corrected chi connectivity index (χ4v) is 3.92. The predicted octanol–water partition coefficient (Wildman–Crippen LogP) is 1.36. The Kier molecular flexibility index (Phi) is 6.11. The normalized spacial score (nSPS) is 14.9. The minimum atomic E-state index is -0.129. The number of nitrogens with zero attached hydrogens (tertiary/aromatic N) is 3. The zero-order chi connectivity index (χ0) is 19.2. The molecule has 0 aliphatic carbocycles. The lowest BCUT2D eigenvalue weighted by atomic mass is 10.1. The van der Waals surface area contributed by atoms with Crippen molar-refractivity contribution in [1.29, 1.82) is 0 Å². The van der Waals surface area contributed by atoms with Crippen molar-refractivity contribution in [2.24, 2.45) is 0 Å². The second-order valence-corrected chi connectivity index (χ2v) is 7.64. The molecule has 1 aliphatic rings. The van der Waals surface area contributed by atoms with Crippen LogP contribution in [-0.2, 0) is 11.3 Å². The third kappa shape index (κ3) is 4.46. The maximum Gasteiger partial charge on any atom is 0.277 e. The Balaban J connectivity index is 1.53. The average Bonchev–Trinajstić information content (AvgIpc) is 3.44. The molecule has 0 bridgehead atoms. The maximum atomic E-state index is 13.3. The van der Waals surface area contributed by atoms with E-state index in [1.807, 2.05) is 40.6 Å². The highest BCUT2D eigenvalue weighted by Crippen LogP contribution is 2.24. The van der Waals surface area contributed by atoms with Crippen molar-refractivity contribution in [3.05, 3.63) is 59.0 Å². The molecule has 0 radical (unpaired) electrons. The van der Waals surface area contributed by atoms with Gasteiger partial charge in [-0.05, 0) is 0 Å². The largest absolute Gasteiger partial charge is 0.443 e. The van der Waals surface area contributed by atoms with Gasteiger partial charge in [-0.3, -0.25) is 4.79 Å². The number of hydrogen-bond acceptors (Lipinski definition) is 6. The van der Waals surface area contributed by atoms with Gasteiger partial charge < -0.3 is 19.0 Å². The molecule has 1 aromatic carbocycles. The molecule has 3 aromatic rings. The fourth-order valence-electron chi connectivity index (χ4n) is 3.29. The predicted molar refractivity (Wildman–Crippen MR) is 105 cm³/mol. The van der Waals surface area contributed by atoms with Crippen LogP contribution in [0, 0.1) is 0 Å². The van der Waals surface area contributed by atoms with Crippen molar-refractivity contribution in [2.45, 2.75) is 6.54 Å². The molecular weight excluding hydrogens is 376 g/mol. The first-order valence-electron chi connectivity index (χ1n) is 9.39. The number of ether oxygens (including phenoxy) is 1. The number of rotatable bonds is 7. The number of amides is 1. The number of quaternary nitrogens is 1. The van der Waals surface area contributed by atoms with E-state index in [9.17, 15) is 4.79 Å². The molecule has 0 unspecified atom stereocenters. The van der Waals surface area contributed by atoms with Crippen molar-refractivity contribution < 1.29 is 18.8 Å². The molecule has 0 spiro atoms. The lowest BCUT2D eigenvalue weighted by molar-refractivity contribution is -0.907. The molecule has 3 heterocycles. The van der Waals surface area contributed by atoms with Crippen LogP contribution in [0.15, 0.2) is 52.7 Å². The Morgan fingerprint density at radius 2 is 2.00 bits per heavy atom. The summed E-state index contributed by atoms with van der Waals surface area (Å²) in [4.78, 5) is 25.2. The van der Waals surface area contributed by atoms with Crippen molar-refractivity contribution in [1.82, 2.24) is 14.9 Å². The number of carbonyl (C=O) groups excluding carboxylic acids is 1. The lowest BCUT2D eigenvalue weighted by Crippen LogP contribution is -3.14. The van der Waals surface area contributed by atoms with E-state index in [2.05, 4.69) is 9.97 Å². The molecule has 8 heteroatoms. The zero-order valence-corrected chi connectivity index (χ0v) is 16.4. The highest BCUT2D eigenvalue weighted by molar-refractivity contribution is 7.09. The Morgan fingerprint density at radius 1 is 1.18 bits per heavy atom. The summed E-state index contributed by atoms with van der Waals surface area (Å²) >= 11 is 1.55. The number of benzene rings is 1. The first kappa shape index (κ1) is 18.8. The van der Waals surface area contributed by atoms with E-state index >= 15 is 0 Å². The Hall–Kier alpha value is -2.55. The van der Waals surface area contributed by atoms with Crippen molar-refractivity contribution >= 4 is 17.2 Å². The maximum absolute atomic E-state index is 13.3. The van der Waals surface area contributed by atoms with Gasteiger partial charge >= 0.3 is 0 Å². The van der Waals surface area contributed by atoms with Crippen LogP contribution in [0.25, 0.3) is 11.3 Å². The minimum absolute atomic E-state index is 0.129. The lowest BCUT2D eigenvalue weighted by Gasteiger charge is -2.27. The van der Waals surface area contributed by atoms with Gasteiger partial charge in [-0.2, -0.15) is 0 Å². The summed E-state index contributed by atoms with van der Waals surface area (Å²) in [5, 5.41) is 2.84. The molecule has 1 aliphatic heterocycles. The van der Waals surface area contributed by atoms with E-state index in [0.717, 1.165) is 43.4 Å². The van der Waals surface area contributed by atoms with Crippen LogP contribution in [0.2, 0.25) is 0 Å². The van der Waals surface area contributed by atoms with Gasteiger partial charge in [0.1, 0.15) is 18.1 Å². The number of thiazole rings is 1. The SMILES string of the molecule is O=C(c1ncoc1-c1ccccc1)N(CC[NH+]1CCOCC1)Cc1nccs1. The highest BCUT2D eigenvalue weighted by atomic mass is 32.1. The molecule has 0 atom stereocenters. The van der Waals surface area contributed by atoms with E-state index in [1.165, 1.54) is 11.3 Å². The number of aromatic nitrogens is 2. The topological polar surface area (TPSA) is 72.9 Å². The van der Waals surface area contributed by atoms with Gasteiger partial charge in [0, 0.05) is 17.1 Å². The molecule has 1 N–H and O–H groups in total. The minimum Gasteiger partial charge on any atom is -0.443 e. The summed E-state index contributed by atoms with van der Waals surface area (Å²) in [6.07, 6.45) is 3.10. The Labute approximate surface area is 167 Å². The van der Waals surface area contributed by atoms with Crippen LogP contribution in [0.5, 0.6) is 0 Å². The fraction of sp³-hybridized carbons (Fsp3) is 0.350. The third-order valence-corrected chi connectivity index (χ3v) is 5.60. The molecule has 4 rings (SSSR count). The molecular formula is C20H23N4O3S+. The number of hydrogen-bond donors (Lipinski definition) is 1. The Morgan fingerprint density at radius 3 is 2.75 bits per heavy atom. The molecule has 0 saturated carbocycles. The number of nitrogens with one attached hydrogen (secondary N) is 1. The van der Waals surface area contributed by atoms with Crippen molar-refractivity contribution in [2.75, 3.05) is 39.4 Å². The molecule has 7 nitrogen and oxygen atoms in total. The van der Waals surface area contributed by atoms with Gasteiger partial charge in [0.05, 0.1) is 32.8 Å². The van der Waals surface area contributed by atoms with E-state index in [4.69, 9.17) is 9.15 Å². The second kappa shape index (κ2) is 9.09. The Bertz CT molecular complexity index is 876. The summed E-state index contributed by atoms with van der Waals surface area (Å²) in [7, 11) is 0. The summed E-state index contributed by atoms with van der Waals surface area (Å²) in [5.41, 5.74) is 1.19. The summed E-state index contributed by atoms with van der Waals surface area (Å²) in [5.74, 6) is 0.379. The standard InChI is InChI=1S/C20H22N4O3S/c25-20(18-19(27-15-22-18)16-4-2-1-3-5-16)24(14-17-21-6-13-28-17)8-7-23-9-11-26-12-10-23/h1-6,13,15H,7-12,14H2/p+1. The molecule has 146 valence electrons. The summed E-state index contributed by atoms with van der Waals surface area (Å²) < 4.78 is 11.0. The first-order valence-corrected chi connectivity index (χ1v) is 10.3. The van der Waals surface area contributed by atoms with Crippen LogP contribution in [-0.4, -0.2) is 60.2 Å². The van der Waals surface area contributed by atoms with Gasteiger partial charge in [0.2, 0.25) is 0 Å². The summed E-state index contributed by atoms with van der Waals surface area (Å²) in [6, 6.07) is 9.60. The van der Waals surface area contributed by atoms with E-state index in [0.29, 0.717) is 24.5 Å². The van der Waals surface area contributed by atoms with Crippen LogP contribution in [0.1, 0.15) is 15.5 Å². The third-order valence-electron chi connectivity index (χ3n) is 4.84. The van der Waals surface area contributed by atoms with Crippen molar-refractivity contribution in [3.63, 3.8) is 0 Å². The highest BCUT2D eigenvalue weighted by Gasteiger charge is 2.26. The van der Waals surface area contributed by atoms with Crippen LogP contribution in [0.4, 0.5) is 0 Å².